The Balaban J connectivity index is 1.91. The first kappa shape index (κ1) is 11.6. The topological polar surface area (TPSA) is 30.5 Å². The monoisotopic (exact) mass is 221 g/mol. The molecule has 1 fully saturated rings. The number of ether oxygens (including phenoxy) is 2. The lowest BCUT2D eigenvalue weighted by atomic mass is 10.1. The second-order valence-corrected chi connectivity index (χ2v) is 4.14. The Kier molecular flexibility index (Phi) is 4.34. The highest BCUT2D eigenvalue weighted by Gasteiger charge is 2.14. The Labute approximate surface area is 96.8 Å². The minimum absolute atomic E-state index is 0.510. The van der Waals surface area contributed by atoms with E-state index < -0.39 is 0 Å². The lowest BCUT2D eigenvalue weighted by Crippen LogP contribution is -2.28. The average Bonchev–Trinajstić information content (AvgIpc) is 2.81. The van der Waals surface area contributed by atoms with Gasteiger partial charge < -0.3 is 14.8 Å². The average molecular weight is 221 g/mol. The summed E-state index contributed by atoms with van der Waals surface area (Å²) in [5.41, 5.74) is 2.58. The molecule has 1 heterocycles. The van der Waals surface area contributed by atoms with Crippen LogP contribution >= 0.6 is 0 Å². The molecule has 0 radical (unpaired) electrons. The van der Waals surface area contributed by atoms with Gasteiger partial charge in [0.1, 0.15) is 0 Å². The number of rotatable bonds is 5. The molecule has 88 valence electrons. The van der Waals surface area contributed by atoms with Gasteiger partial charge in [0.05, 0.1) is 13.2 Å². The largest absolute Gasteiger partial charge is 0.380 e. The van der Waals surface area contributed by atoms with E-state index in [1.165, 1.54) is 11.1 Å². The molecule has 16 heavy (non-hydrogen) atoms. The van der Waals surface area contributed by atoms with Crippen LogP contribution in [0.2, 0.25) is 0 Å². The summed E-state index contributed by atoms with van der Waals surface area (Å²) in [6, 6.07) is 8.90. The zero-order valence-electron chi connectivity index (χ0n) is 9.74. The smallest absolute Gasteiger partial charge is 0.0716 e. The van der Waals surface area contributed by atoms with Gasteiger partial charge in [-0.2, -0.15) is 0 Å². The third-order valence-corrected chi connectivity index (χ3v) is 2.93. The molecule has 1 N–H and O–H groups in total. The van der Waals surface area contributed by atoms with Crippen LogP contribution in [0.25, 0.3) is 0 Å². The van der Waals surface area contributed by atoms with Crippen molar-refractivity contribution in [2.24, 2.45) is 0 Å². The van der Waals surface area contributed by atoms with Crippen molar-refractivity contribution in [3.8, 4) is 0 Å². The van der Waals surface area contributed by atoms with Crippen LogP contribution in [0, 0.1) is 0 Å². The third-order valence-electron chi connectivity index (χ3n) is 2.93. The molecule has 1 atom stereocenters. The van der Waals surface area contributed by atoms with Crippen molar-refractivity contribution in [1.82, 2.24) is 5.32 Å². The molecule has 0 bridgehead atoms. The van der Waals surface area contributed by atoms with Crippen LogP contribution in [0.15, 0.2) is 24.3 Å². The van der Waals surface area contributed by atoms with Crippen molar-refractivity contribution < 1.29 is 9.47 Å². The van der Waals surface area contributed by atoms with Crippen molar-refractivity contribution in [1.29, 1.82) is 0 Å². The van der Waals surface area contributed by atoms with E-state index in [0.29, 0.717) is 12.6 Å². The molecule has 1 unspecified atom stereocenters. The summed E-state index contributed by atoms with van der Waals surface area (Å²) >= 11 is 0. The summed E-state index contributed by atoms with van der Waals surface area (Å²) in [7, 11) is 1.73. The number of hydrogen-bond donors (Lipinski definition) is 1. The molecule has 3 nitrogen and oxygen atoms in total. The van der Waals surface area contributed by atoms with Crippen LogP contribution in [0.5, 0.6) is 0 Å². The highest BCUT2D eigenvalue weighted by Crippen LogP contribution is 2.11. The molecule has 1 aliphatic heterocycles. The van der Waals surface area contributed by atoms with E-state index in [4.69, 9.17) is 9.47 Å². The summed E-state index contributed by atoms with van der Waals surface area (Å²) in [6.45, 7) is 3.30. The van der Waals surface area contributed by atoms with E-state index in [-0.39, 0.29) is 0 Å². The number of methoxy groups -OCH3 is 1. The normalized spacial score (nSPS) is 20.2. The van der Waals surface area contributed by atoms with Crippen molar-refractivity contribution in [2.45, 2.75) is 25.6 Å². The van der Waals surface area contributed by atoms with Crippen molar-refractivity contribution in [2.75, 3.05) is 20.3 Å². The Morgan fingerprint density at radius 3 is 2.88 bits per heavy atom. The molecule has 0 aromatic heterocycles. The fourth-order valence-electron chi connectivity index (χ4n) is 1.98. The molecule has 1 aromatic carbocycles. The summed E-state index contributed by atoms with van der Waals surface area (Å²) in [5.74, 6) is 0. The van der Waals surface area contributed by atoms with Crippen LogP contribution in [-0.4, -0.2) is 26.4 Å². The fraction of sp³-hybridized carbons (Fsp3) is 0.538. The lowest BCUT2D eigenvalue weighted by Gasteiger charge is -2.13. The highest BCUT2D eigenvalue weighted by atomic mass is 16.5. The minimum atomic E-state index is 0.510. The molecule has 0 aliphatic carbocycles. The van der Waals surface area contributed by atoms with E-state index in [0.717, 1.165) is 26.2 Å². The second kappa shape index (κ2) is 5.99. The zero-order chi connectivity index (χ0) is 11.2. The van der Waals surface area contributed by atoms with Gasteiger partial charge in [0, 0.05) is 26.3 Å². The molecule has 1 aliphatic rings. The summed E-state index contributed by atoms with van der Waals surface area (Å²) < 4.78 is 10.5. The predicted molar refractivity (Wildman–Crippen MR) is 63.2 cm³/mol. The van der Waals surface area contributed by atoms with Crippen molar-refractivity contribution in [3.63, 3.8) is 0 Å². The molecular formula is C13H19NO2. The van der Waals surface area contributed by atoms with Gasteiger partial charge in [-0.1, -0.05) is 24.3 Å². The standard InChI is InChI=1S/C13H19NO2/c1-15-9-12-5-3-2-4-11(12)8-14-13-6-7-16-10-13/h2-5,13-14H,6-10H2,1H3. The van der Waals surface area contributed by atoms with Crippen LogP contribution < -0.4 is 5.32 Å². The molecule has 1 aromatic rings. The van der Waals surface area contributed by atoms with Crippen molar-refractivity contribution in [3.05, 3.63) is 35.4 Å². The molecule has 0 spiro atoms. The maximum Gasteiger partial charge on any atom is 0.0716 e. The van der Waals surface area contributed by atoms with E-state index in [1.54, 1.807) is 7.11 Å². The third kappa shape index (κ3) is 3.04. The van der Waals surface area contributed by atoms with Gasteiger partial charge >= 0.3 is 0 Å². The maximum absolute atomic E-state index is 5.34. The lowest BCUT2D eigenvalue weighted by molar-refractivity contribution is 0.183. The predicted octanol–water partition coefficient (Wildman–Crippen LogP) is 1.71. The minimum Gasteiger partial charge on any atom is -0.380 e. The molecule has 1 saturated heterocycles. The van der Waals surface area contributed by atoms with Gasteiger partial charge in [-0.15, -0.1) is 0 Å². The highest BCUT2D eigenvalue weighted by molar-refractivity contribution is 5.26. The Bertz CT molecular complexity index is 321. The Morgan fingerprint density at radius 1 is 1.38 bits per heavy atom. The Morgan fingerprint density at radius 2 is 2.19 bits per heavy atom. The molecule has 2 rings (SSSR count). The van der Waals surface area contributed by atoms with Crippen molar-refractivity contribution >= 4 is 0 Å². The quantitative estimate of drug-likeness (QED) is 0.821. The van der Waals surface area contributed by atoms with Crippen LogP contribution in [0.4, 0.5) is 0 Å². The van der Waals surface area contributed by atoms with E-state index in [9.17, 15) is 0 Å². The zero-order valence-corrected chi connectivity index (χ0v) is 9.74. The molecular weight excluding hydrogens is 202 g/mol. The molecule has 0 saturated carbocycles. The Hall–Kier alpha value is -0.900. The first-order valence-corrected chi connectivity index (χ1v) is 5.77. The first-order valence-electron chi connectivity index (χ1n) is 5.77. The van der Waals surface area contributed by atoms with E-state index >= 15 is 0 Å². The number of benzene rings is 1. The summed E-state index contributed by atoms with van der Waals surface area (Å²) in [5, 5.41) is 3.52. The van der Waals surface area contributed by atoms with E-state index in [2.05, 4.69) is 29.6 Å². The number of nitrogens with one attached hydrogen (secondary N) is 1. The molecule has 3 heteroatoms. The van der Waals surface area contributed by atoms with Gasteiger partial charge in [-0.3, -0.25) is 0 Å². The summed E-state index contributed by atoms with van der Waals surface area (Å²) in [6.07, 6.45) is 1.12. The second-order valence-electron chi connectivity index (χ2n) is 4.14. The number of hydrogen-bond acceptors (Lipinski definition) is 3. The van der Waals surface area contributed by atoms with Crippen LogP contribution in [0.3, 0.4) is 0 Å². The van der Waals surface area contributed by atoms with Gasteiger partial charge in [0.15, 0.2) is 0 Å². The maximum atomic E-state index is 5.34. The van der Waals surface area contributed by atoms with Crippen LogP contribution in [-0.2, 0) is 22.6 Å². The summed E-state index contributed by atoms with van der Waals surface area (Å²) in [4.78, 5) is 0. The van der Waals surface area contributed by atoms with E-state index in [1.807, 2.05) is 0 Å². The van der Waals surface area contributed by atoms with Gasteiger partial charge in [0.2, 0.25) is 0 Å². The van der Waals surface area contributed by atoms with Gasteiger partial charge in [-0.05, 0) is 17.5 Å². The van der Waals surface area contributed by atoms with Gasteiger partial charge in [-0.25, -0.2) is 0 Å². The SMILES string of the molecule is COCc1ccccc1CNC1CCOC1. The van der Waals surface area contributed by atoms with Crippen LogP contribution in [0.1, 0.15) is 17.5 Å². The molecule has 0 amide bonds. The fourth-order valence-corrected chi connectivity index (χ4v) is 1.98. The first-order chi connectivity index (χ1) is 7.90. The van der Waals surface area contributed by atoms with Gasteiger partial charge in [0.25, 0.3) is 0 Å².